The van der Waals surface area contributed by atoms with Crippen molar-refractivity contribution in [2.24, 2.45) is 5.92 Å². The number of carbonyl (C=O) groups is 2. The summed E-state index contributed by atoms with van der Waals surface area (Å²) in [5.41, 5.74) is 0.843. The van der Waals surface area contributed by atoms with Crippen LogP contribution in [0, 0.1) is 5.92 Å². The molecule has 200 valence electrons. The number of amides is 1. The van der Waals surface area contributed by atoms with E-state index in [4.69, 9.17) is 33.2 Å². The van der Waals surface area contributed by atoms with Crippen molar-refractivity contribution >= 4 is 12.1 Å². The Labute approximate surface area is 211 Å². The van der Waals surface area contributed by atoms with Gasteiger partial charge in [-0.25, -0.2) is 9.59 Å². The zero-order chi connectivity index (χ0) is 26.1. The van der Waals surface area contributed by atoms with Crippen LogP contribution in [0.2, 0.25) is 0 Å². The van der Waals surface area contributed by atoms with Gasteiger partial charge in [-0.2, -0.15) is 0 Å². The van der Waals surface area contributed by atoms with E-state index < -0.39 is 60.4 Å². The van der Waals surface area contributed by atoms with Gasteiger partial charge in [-0.15, -0.1) is 0 Å². The SMILES string of the molecule is CC(C)C[C@@H](NC(=O)OCc1ccccc1)C(=O)O[C@@H]1[C@H]2OC(C)(C)O[C@H]2O[C@@H]1[C@@H]1COC(C)(C)O1. The van der Waals surface area contributed by atoms with Gasteiger partial charge in [-0.1, -0.05) is 44.2 Å². The lowest BCUT2D eigenvalue weighted by Gasteiger charge is -2.30. The van der Waals surface area contributed by atoms with Crippen molar-refractivity contribution in [1.82, 2.24) is 5.32 Å². The third-order valence-corrected chi connectivity index (χ3v) is 6.17. The minimum atomic E-state index is -0.916. The van der Waals surface area contributed by atoms with Crippen LogP contribution in [0.5, 0.6) is 0 Å². The van der Waals surface area contributed by atoms with Gasteiger partial charge in [0.25, 0.3) is 0 Å². The highest BCUT2D eigenvalue weighted by atomic mass is 16.8. The summed E-state index contributed by atoms with van der Waals surface area (Å²) in [7, 11) is 0. The predicted octanol–water partition coefficient (Wildman–Crippen LogP) is 3.27. The van der Waals surface area contributed by atoms with Crippen molar-refractivity contribution in [1.29, 1.82) is 0 Å². The molecule has 0 radical (unpaired) electrons. The molecule has 3 heterocycles. The zero-order valence-electron chi connectivity index (χ0n) is 21.7. The summed E-state index contributed by atoms with van der Waals surface area (Å²) in [6.07, 6.45) is -3.66. The highest BCUT2D eigenvalue weighted by Crippen LogP contribution is 2.42. The molecule has 10 heteroatoms. The zero-order valence-corrected chi connectivity index (χ0v) is 21.7. The first kappa shape index (κ1) is 26.8. The van der Waals surface area contributed by atoms with Crippen LogP contribution in [0.4, 0.5) is 4.79 Å². The van der Waals surface area contributed by atoms with Crippen molar-refractivity contribution in [3.05, 3.63) is 35.9 Å². The van der Waals surface area contributed by atoms with Gasteiger partial charge >= 0.3 is 12.1 Å². The Hall–Kier alpha value is -2.24. The molecule has 3 saturated heterocycles. The van der Waals surface area contributed by atoms with Gasteiger partial charge in [0, 0.05) is 0 Å². The second-order valence-electron chi connectivity index (χ2n) is 10.7. The Balaban J connectivity index is 1.44. The molecule has 4 rings (SSSR count). The highest BCUT2D eigenvalue weighted by Gasteiger charge is 2.60. The van der Waals surface area contributed by atoms with Crippen LogP contribution in [-0.2, 0) is 44.6 Å². The van der Waals surface area contributed by atoms with Crippen molar-refractivity contribution < 1.29 is 42.7 Å². The Bertz CT molecular complexity index is 919. The van der Waals surface area contributed by atoms with E-state index in [1.807, 2.05) is 58.0 Å². The summed E-state index contributed by atoms with van der Waals surface area (Å²) >= 11 is 0. The molecule has 0 bridgehead atoms. The van der Waals surface area contributed by atoms with E-state index in [-0.39, 0.29) is 19.1 Å². The fourth-order valence-corrected chi connectivity index (χ4v) is 4.62. The summed E-state index contributed by atoms with van der Waals surface area (Å²) in [5, 5.41) is 2.66. The maximum absolute atomic E-state index is 13.4. The van der Waals surface area contributed by atoms with Crippen LogP contribution in [0.3, 0.4) is 0 Å². The molecule has 10 nitrogen and oxygen atoms in total. The Kier molecular flexibility index (Phi) is 7.92. The molecule has 6 atom stereocenters. The number of carbonyl (C=O) groups excluding carboxylic acids is 2. The van der Waals surface area contributed by atoms with Crippen molar-refractivity contribution in [2.75, 3.05) is 6.61 Å². The molecule has 0 saturated carbocycles. The molecule has 1 aromatic carbocycles. The van der Waals surface area contributed by atoms with Gasteiger partial charge < -0.3 is 38.5 Å². The van der Waals surface area contributed by atoms with Gasteiger partial charge in [-0.3, -0.25) is 0 Å². The second kappa shape index (κ2) is 10.6. The number of benzene rings is 1. The molecular weight excluding hydrogens is 470 g/mol. The molecule has 0 spiro atoms. The quantitative estimate of drug-likeness (QED) is 0.530. The van der Waals surface area contributed by atoms with E-state index in [2.05, 4.69) is 5.32 Å². The number of fused-ring (bicyclic) bond motifs is 1. The predicted molar refractivity (Wildman–Crippen MR) is 126 cm³/mol. The first-order valence-corrected chi connectivity index (χ1v) is 12.4. The number of hydrogen-bond donors (Lipinski definition) is 1. The first-order valence-electron chi connectivity index (χ1n) is 12.4. The maximum atomic E-state index is 13.4. The average Bonchev–Trinajstić information content (AvgIpc) is 3.41. The monoisotopic (exact) mass is 507 g/mol. The van der Waals surface area contributed by atoms with Gasteiger partial charge in [0.05, 0.1) is 6.61 Å². The molecule has 36 heavy (non-hydrogen) atoms. The third-order valence-electron chi connectivity index (χ3n) is 6.17. The molecule has 1 amide bonds. The van der Waals surface area contributed by atoms with E-state index in [0.717, 1.165) is 5.56 Å². The van der Waals surface area contributed by atoms with Gasteiger partial charge in [0.1, 0.15) is 24.9 Å². The Morgan fingerprint density at radius 2 is 1.75 bits per heavy atom. The minimum Gasteiger partial charge on any atom is -0.455 e. The molecule has 3 aliphatic heterocycles. The number of hydrogen-bond acceptors (Lipinski definition) is 9. The van der Waals surface area contributed by atoms with Crippen LogP contribution in [0.15, 0.2) is 30.3 Å². The van der Waals surface area contributed by atoms with Crippen LogP contribution >= 0.6 is 0 Å². The summed E-state index contributed by atoms with van der Waals surface area (Å²) in [6, 6.07) is 8.39. The molecule has 0 aromatic heterocycles. The first-order chi connectivity index (χ1) is 16.9. The lowest BCUT2D eigenvalue weighted by atomic mass is 10.0. The van der Waals surface area contributed by atoms with Gasteiger partial charge in [-0.05, 0) is 45.6 Å². The van der Waals surface area contributed by atoms with Gasteiger partial charge in [0.2, 0.25) is 0 Å². The van der Waals surface area contributed by atoms with Crippen molar-refractivity contribution in [3.63, 3.8) is 0 Å². The summed E-state index contributed by atoms with van der Waals surface area (Å²) in [6.45, 7) is 11.4. The average molecular weight is 508 g/mol. The fourth-order valence-electron chi connectivity index (χ4n) is 4.62. The highest BCUT2D eigenvalue weighted by molar-refractivity contribution is 5.81. The lowest BCUT2D eigenvalue weighted by molar-refractivity contribution is -0.235. The molecular formula is C26H37NO9. The molecule has 1 aromatic rings. The molecule has 0 unspecified atom stereocenters. The number of esters is 1. The van der Waals surface area contributed by atoms with Crippen molar-refractivity contribution in [3.8, 4) is 0 Å². The standard InChI is InChI=1S/C26H37NO9/c1-15(2)12-17(27-24(29)30-13-16-10-8-7-9-11-16)22(28)32-20-19(18-14-31-25(3,4)34-18)33-23-21(20)35-26(5,6)36-23/h7-11,15,17-21,23H,12-14H2,1-6H3,(H,27,29)/t17-,18+,19-,20+,21-,23-/m1/s1. The summed E-state index contributed by atoms with van der Waals surface area (Å²) in [5.74, 6) is -2.18. The van der Waals surface area contributed by atoms with Gasteiger partial charge in [0.15, 0.2) is 30.1 Å². The minimum absolute atomic E-state index is 0.0908. The van der Waals surface area contributed by atoms with Crippen LogP contribution < -0.4 is 5.32 Å². The smallest absolute Gasteiger partial charge is 0.408 e. The normalized spacial score (nSPS) is 31.1. The van der Waals surface area contributed by atoms with E-state index >= 15 is 0 Å². The van der Waals surface area contributed by atoms with Crippen molar-refractivity contribution in [2.45, 2.75) is 103 Å². The Morgan fingerprint density at radius 1 is 1.03 bits per heavy atom. The van der Waals surface area contributed by atoms with E-state index in [1.54, 1.807) is 13.8 Å². The molecule has 3 aliphatic rings. The van der Waals surface area contributed by atoms with E-state index in [1.165, 1.54) is 0 Å². The lowest BCUT2D eigenvalue weighted by Crippen LogP contribution is -2.49. The molecule has 3 fully saturated rings. The summed E-state index contributed by atoms with van der Waals surface area (Å²) < 4.78 is 41.0. The van der Waals surface area contributed by atoms with Crippen LogP contribution in [0.25, 0.3) is 0 Å². The van der Waals surface area contributed by atoms with E-state index in [0.29, 0.717) is 6.42 Å². The second-order valence-corrected chi connectivity index (χ2v) is 10.7. The number of ether oxygens (including phenoxy) is 7. The molecule has 1 N–H and O–H groups in total. The van der Waals surface area contributed by atoms with E-state index in [9.17, 15) is 9.59 Å². The summed E-state index contributed by atoms with van der Waals surface area (Å²) in [4.78, 5) is 25.9. The number of rotatable bonds is 8. The molecule has 0 aliphatic carbocycles. The van der Waals surface area contributed by atoms with Crippen LogP contribution in [-0.4, -0.2) is 67.0 Å². The topological polar surface area (TPSA) is 111 Å². The van der Waals surface area contributed by atoms with Crippen LogP contribution in [0.1, 0.15) is 53.5 Å². The number of nitrogens with one attached hydrogen (secondary N) is 1. The largest absolute Gasteiger partial charge is 0.455 e. The fraction of sp³-hybridized carbons (Fsp3) is 0.692. The Morgan fingerprint density at radius 3 is 2.39 bits per heavy atom. The number of alkyl carbamates (subject to hydrolysis) is 1. The third kappa shape index (κ3) is 6.54. The maximum Gasteiger partial charge on any atom is 0.408 e.